The summed E-state index contributed by atoms with van der Waals surface area (Å²) in [6.45, 7) is 5.37. The van der Waals surface area contributed by atoms with E-state index in [9.17, 15) is 9.90 Å². The van der Waals surface area contributed by atoms with Crippen molar-refractivity contribution in [3.05, 3.63) is 23.8 Å². The molecule has 1 aromatic carbocycles. The molecule has 0 fully saturated rings. The fourth-order valence-corrected chi connectivity index (χ4v) is 1.57. The number of alkyl halides is 1. The van der Waals surface area contributed by atoms with Gasteiger partial charge < -0.3 is 9.84 Å². The van der Waals surface area contributed by atoms with Gasteiger partial charge >= 0.3 is 6.09 Å². The third-order valence-electron chi connectivity index (χ3n) is 1.78. The average Bonchev–Trinajstić information content (AvgIpc) is 2.13. The molecule has 0 spiro atoms. The van der Waals surface area contributed by atoms with Crippen molar-refractivity contribution >= 4 is 27.7 Å². The molecule has 0 aliphatic heterocycles. The van der Waals surface area contributed by atoms with E-state index in [1.165, 1.54) is 6.07 Å². The number of halogens is 1. The smallest absolute Gasteiger partial charge is 0.412 e. The Hall–Kier alpha value is -1.23. The van der Waals surface area contributed by atoms with Gasteiger partial charge in [0.1, 0.15) is 11.4 Å². The maximum atomic E-state index is 11.5. The second kappa shape index (κ2) is 5.40. The Balaban J connectivity index is 2.74. The number of benzene rings is 1. The van der Waals surface area contributed by atoms with Crippen LogP contribution in [0.3, 0.4) is 0 Å². The normalized spacial score (nSPS) is 11.1. The molecule has 17 heavy (non-hydrogen) atoms. The average molecular weight is 302 g/mol. The quantitative estimate of drug-likeness (QED) is 0.820. The third kappa shape index (κ3) is 5.08. The van der Waals surface area contributed by atoms with Crippen LogP contribution in [0.1, 0.15) is 26.3 Å². The van der Waals surface area contributed by atoms with E-state index in [0.717, 1.165) is 5.56 Å². The number of carbonyl (C=O) groups excluding carboxylic acids is 1. The maximum absolute atomic E-state index is 11.5. The van der Waals surface area contributed by atoms with Gasteiger partial charge in [0.25, 0.3) is 0 Å². The van der Waals surface area contributed by atoms with E-state index in [0.29, 0.717) is 11.0 Å². The molecule has 0 atom stereocenters. The highest BCUT2D eigenvalue weighted by Crippen LogP contribution is 2.22. The number of carbonyl (C=O) groups is 1. The summed E-state index contributed by atoms with van der Waals surface area (Å²) in [5, 5.41) is 12.6. The monoisotopic (exact) mass is 301 g/mol. The van der Waals surface area contributed by atoms with Crippen molar-refractivity contribution < 1.29 is 14.6 Å². The summed E-state index contributed by atoms with van der Waals surface area (Å²) in [7, 11) is 0. The van der Waals surface area contributed by atoms with Crippen LogP contribution in [0.2, 0.25) is 0 Å². The van der Waals surface area contributed by atoms with E-state index in [1.54, 1.807) is 32.9 Å². The summed E-state index contributed by atoms with van der Waals surface area (Å²) >= 11 is 3.29. The molecule has 94 valence electrons. The second-order valence-corrected chi connectivity index (χ2v) is 5.21. The topological polar surface area (TPSA) is 58.6 Å². The number of phenolic OH excluding ortho intramolecular Hbond substituents is 1. The third-order valence-corrected chi connectivity index (χ3v) is 2.42. The van der Waals surface area contributed by atoms with Gasteiger partial charge in [-0.25, -0.2) is 4.79 Å². The lowest BCUT2D eigenvalue weighted by atomic mass is 10.2. The fraction of sp³-hybridized carbons (Fsp3) is 0.417. The van der Waals surface area contributed by atoms with Gasteiger partial charge in [-0.3, -0.25) is 5.32 Å². The zero-order chi connectivity index (χ0) is 13.1. The standard InChI is InChI=1S/C12H16BrNO3/c1-12(2,3)17-11(16)14-9-4-8(7-13)5-10(15)6-9/h4-6,15H,7H2,1-3H3,(H,14,16). The minimum absolute atomic E-state index is 0.105. The zero-order valence-electron chi connectivity index (χ0n) is 10.1. The molecule has 4 nitrogen and oxygen atoms in total. The number of rotatable bonds is 2. The molecule has 0 heterocycles. The van der Waals surface area contributed by atoms with Crippen molar-refractivity contribution in [3.8, 4) is 5.75 Å². The van der Waals surface area contributed by atoms with Crippen LogP contribution in [0.15, 0.2) is 18.2 Å². The Morgan fingerprint density at radius 2 is 2.06 bits per heavy atom. The molecule has 1 rings (SSSR count). The number of aromatic hydroxyl groups is 1. The lowest BCUT2D eigenvalue weighted by Gasteiger charge is -2.19. The first-order valence-corrected chi connectivity index (χ1v) is 6.31. The van der Waals surface area contributed by atoms with Gasteiger partial charge in [0.2, 0.25) is 0 Å². The number of hydrogen-bond acceptors (Lipinski definition) is 3. The lowest BCUT2D eigenvalue weighted by Crippen LogP contribution is -2.27. The number of nitrogens with one attached hydrogen (secondary N) is 1. The molecule has 1 aromatic rings. The summed E-state index contributed by atoms with van der Waals surface area (Å²) in [6, 6.07) is 4.85. The molecule has 0 bridgehead atoms. The minimum Gasteiger partial charge on any atom is -0.508 e. The Bertz CT molecular complexity index is 413. The van der Waals surface area contributed by atoms with Crippen LogP contribution < -0.4 is 5.32 Å². The van der Waals surface area contributed by atoms with E-state index >= 15 is 0 Å². The Morgan fingerprint density at radius 1 is 1.41 bits per heavy atom. The van der Waals surface area contributed by atoms with Gasteiger partial charge in [-0.15, -0.1) is 0 Å². The van der Waals surface area contributed by atoms with E-state index in [-0.39, 0.29) is 5.75 Å². The van der Waals surface area contributed by atoms with Gasteiger partial charge in [-0.05, 0) is 38.5 Å². The molecular weight excluding hydrogens is 286 g/mol. The van der Waals surface area contributed by atoms with Crippen molar-refractivity contribution in [2.75, 3.05) is 5.32 Å². The summed E-state index contributed by atoms with van der Waals surface area (Å²) in [6.07, 6.45) is -0.538. The molecule has 0 aromatic heterocycles. The summed E-state index contributed by atoms with van der Waals surface area (Å²) < 4.78 is 5.11. The number of hydrogen-bond donors (Lipinski definition) is 2. The first-order valence-electron chi connectivity index (χ1n) is 5.19. The van der Waals surface area contributed by atoms with Gasteiger partial charge in [0.15, 0.2) is 0 Å². The number of amides is 1. The van der Waals surface area contributed by atoms with Gasteiger partial charge in [0.05, 0.1) is 0 Å². The van der Waals surface area contributed by atoms with Gasteiger partial charge in [-0.1, -0.05) is 15.9 Å². The molecule has 0 saturated heterocycles. The first-order chi connectivity index (χ1) is 7.80. The molecule has 1 amide bonds. The number of phenols is 1. The van der Waals surface area contributed by atoms with Crippen LogP contribution in [0, 0.1) is 0 Å². The van der Waals surface area contributed by atoms with E-state index < -0.39 is 11.7 Å². The highest BCUT2D eigenvalue weighted by atomic mass is 79.9. The number of ether oxygens (including phenoxy) is 1. The van der Waals surface area contributed by atoms with Crippen LogP contribution in [0.5, 0.6) is 5.75 Å². The molecule has 0 aliphatic rings. The summed E-state index contributed by atoms with van der Waals surface area (Å²) in [5.74, 6) is 0.105. The predicted octanol–water partition coefficient (Wildman–Crippen LogP) is 3.63. The van der Waals surface area contributed by atoms with Crippen molar-refractivity contribution in [2.45, 2.75) is 31.7 Å². The zero-order valence-corrected chi connectivity index (χ0v) is 11.7. The van der Waals surface area contributed by atoms with E-state index in [1.807, 2.05) is 0 Å². The Labute approximate surface area is 109 Å². The van der Waals surface area contributed by atoms with Crippen LogP contribution >= 0.6 is 15.9 Å². The summed E-state index contributed by atoms with van der Waals surface area (Å²) in [5.41, 5.74) is 0.837. The van der Waals surface area contributed by atoms with Crippen LogP contribution in [-0.4, -0.2) is 16.8 Å². The molecule has 0 saturated carbocycles. The first kappa shape index (κ1) is 13.8. The Morgan fingerprint density at radius 3 is 2.59 bits per heavy atom. The van der Waals surface area contributed by atoms with Crippen LogP contribution in [0.25, 0.3) is 0 Å². The minimum atomic E-state index is -0.542. The SMILES string of the molecule is CC(C)(C)OC(=O)Nc1cc(O)cc(CBr)c1. The highest BCUT2D eigenvalue weighted by molar-refractivity contribution is 9.08. The highest BCUT2D eigenvalue weighted by Gasteiger charge is 2.16. The van der Waals surface area contributed by atoms with Crippen molar-refractivity contribution in [1.29, 1.82) is 0 Å². The Kier molecular flexibility index (Phi) is 4.40. The molecule has 0 unspecified atom stereocenters. The van der Waals surface area contributed by atoms with Crippen LogP contribution in [-0.2, 0) is 10.1 Å². The van der Waals surface area contributed by atoms with E-state index in [4.69, 9.17) is 4.74 Å². The van der Waals surface area contributed by atoms with Gasteiger partial charge in [-0.2, -0.15) is 0 Å². The largest absolute Gasteiger partial charge is 0.508 e. The fourth-order valence-electron chi connectivity index (χ4n) is 1.24. The van der Waals surface area contributed by atoms with Crippen molar-refractivity contribution in [3.63, 3.8) is 0 Å². The van der Waals surface area contributed by atoms with Crippen molar-refractivity contribution in [2.24, 2.45) is 0 Å². The van der Waals surface area contributed by atoms with Crippen LogP contribution in [0.4, 0.5) is 10.5 Å². The molecule has 2 N–H and O–H groups in total. The maximum Gasteiger partial charge on any atom is 0.412 e. The number of anilines is 1. The lowest BCUT2D eigenvalue weighted by molar-refractivity contribution is 0.0636. The van der Waals surface area contributed by atoms with Crippen molar-refractivity contribution in [1.82, 2.24) is 0 Å². The molecule has 0 radical (unpaired) electrons. The predicted molar refractivity (Wildman–Crippen MR) is 70.6 cm³/mol. The summed E-state index contributed by atoms with van der Waals surface area (Å²) in [4.78, 5) is 11.5. The van der Waals surface area contributed by atoms with E-state index in [2.05, 4.69) is 21.2 Å². The molecule has 0 aliphatic carbocycles. The second-order valence-electron chi connectivity index (χ2n) is 4.65. The van der Waals surface area contributed by atoms with Gasteiger partial charge in [0, 0.05) is 17.1 Å². The molecule has 5 heteroatoms. The molecular formula is C12H16BrNO3.